The molecule has 0 saturated carbocycles. The van der Waals surface area contributed by atoms with E-state index >= 15 is 0 Å². The van der Waals surface area contributed by atoms with Crippen molar-refractivity contribution in [1.82, 2.24) is 0 Å². The van der Waals surface area contributed by atoms with Gasteiger partial charge in [0.15, 0.2) is 0 Å². The van der Waals surface area contributed by atoms with Crippen molar-refractivity contribution < 1.29 is 14.7 Å². The summed E-state index contributed by atoms with van der Waals surface area (Å²) < 4.78 is 0.729. The number of amides is 1. The van der Waals surface area contributed by atoms with E-state index in [1.807, 2.05) is 0 Å². The maximum absolute atomic E-state index is 10.9. The normalized spacial score (nSPS) is 9.73. The predicted molar refractivity (Wildman–Crippen MR) is 59.8 cm³/mol. The lowest BCUT2D eigenvalue weighted by atomic mass is 10.1. The fourth-order valence-corrected chi connectivity index (χ4v) is 1.49. The van der Waals surface area contributed by atoms with Gasteiger partial charge in [-0.1, -0.05) is 6.07 Å². The molecule has 0 unspecified atom stereocenters. The lowest BCUT2D eigenvalue weighted by Crippen LogP contribution is -2.07. The Bertz CT molecular complexity index is 404. The van der Waals surface area contributed by atoms with Crippen LogP contribution in [-0.2, 0) is 16.0 Å². The van der Waals surface area contributed by atoms with E-state index in [2.05, 4.69) is 21.2 Å². The molecule has 1 aromatic rings. The molecule has 0 spiro atoms. The van der Waals surface area contributed by atoms with Crippen LogP contribution >= 0.6 is 15.9 Å². The van der Waals surface area contributed by atoms with Gasteiger partial charge in [-0.15, -0.1) is 0 Å². The molecule has 0 fully saturated rings. The molecular weight excluding hydrogens is 262 g/mol. The van der Waals surface area contributed by atoms with Gasteiger partial charge in [-0.2, -0.15) is 0 Å². The Kier molecular flexibility index (Phi) is 3.85. The Balaban J connectivity index is 2.94. The average molecular weight is 272 g/mol. The minimum Gasteiger partial charge on any atom is -0.481 e. The van der Waals surface area contributed by atoms with Crippen LogP contribution in [0.1, 0.15) is 12.5 Å². The molecule has 4 nitrogen and oxygen atoms in total. The first-order valence-corrected chi connectivity index (χ1v) is 5.06. The van der Waals surface area contributed by atoms with Crippen molar-refractivity contribution >= 4 is 33.5 Å². The Morgan fingerprint density at radius 3 is 2.67 bits per heavy atom. The molecule has 80 valence electrons. The first-order valence-electron chi connectivity index (χ1n) is 4.27. The molecule has 0 aliphatic rings. The van der Waals surface area contributed by atoms with Gasteiger partial charge in [-0.3, -0.25) is 9.59 Å². The van der Waals surface area contributed by atoms with Crippen molar-refractivity contribution in [3.05, 3.63) is 28.2 Å². The van der Waals surface area contributed by atoms with Gasteiger partial charge >= 0.3 is 5.97 Å². The van der Waals surface area contributed by atoms with E-state index in [1.165, 1.54) is 6.92 Å². The number of carbonyl (C=O) groups excluding carboxylic acids is 1. The fraction of sp³-hybridized carbons (Fsp3) is 0.200. The number of carboxylic acids is 1. The number of benzene rings is 1. The van der Waals surface area contributed by atoms with Crippen LogP contribution in [0.2, 0.25) is 0 Å². The van der Waals surface area contributed by atoms with Crippen molar-refractivity contribution in [3.63, 3.8) is 0 Å². The van der Waals surface area contributed by atoms with Gasteiger partial charge in [-0.25, -0.2) is 0 Å². The summed E-state index contributed by atoms with van der Waals surface area (Å²) in [6.45, 7) is 1.40. The van der Waals surface area contributed by atoms with Crippen LogP contribution in [0.4, 0.5) is 5.69 Å². The van der Waals surface area contributed by atoms with Crippen LogP contribution in [0.25, 0.3) is 0 Å². The second-order valence-electron chi connectivity index (χ2n) is 3.07. The second-order valence-corrected chi connectivity index (χ2v) is 3.92. The summed E-state index contributed by atoms with van der Waals surface area (Å²) in [5.74, 6) is -1.09. The largest absolute Gasteiger partial charge is 0.481 e. The highest BCUT2D eigenvalue weighted by atomic mass is 79.9. The molecule has 1 rings (SSSR count). The Hall–Kier alpha value is -1.36. The number of carboxylic acid groups (broad SMARTS) is 1. The third-order valence-electron chi connectivity index (χ3n) is 1.70. The number of halogens is 1. The number of nitrogens with one attached hydrogen (secondary N) is 1. The minimum absolute atomic E-state index is 0.0557. The van der Waals surface area contributed by atoms with Gasteiger partial charge in [-0.05, 0) is 33.6 Å². The van der Waals surface area contributed by atoms with Gasteiger partial charge in [0.1, 0.15) is 0 Å². The summed E-state index contributed by atoms with van der Waals surface area (Å²) in [6, 6.07) is 5.05. The number of aliphatic carboxylic acids is 1. The van der Waals surface area contributed by atoms with E-state index in [9.17, 15) is 9.59 Å². The van der Waals surface area contributed by atoms with Crippen LogP contribution in [0.5, 0.6) is 0 Å². The van der Waals surface area contributed by atoms with E-state index in [0.29, 0.717) is 11.3 Å². The van der Waals surface area contributed by atoms with Crippen LogP contribution in [-0.4, -0.2) is 17.0 Å². The number of rotatable bonds is 3. The van der Waals surface area contributed by atoms with Crippen molar-refractivity contribution in [3.8, 4) is 0 Å². The maximum atomic E-state index is 10.9. The number of hydrogen-bond donors (Lipinski definition) is 2. The van der Waals surface area contributed by atoms with Gasteiger partial charge in [0.25, 0.3) is 0 Å². The molecule has 1 amide bonds. The van der Waals surface area contributed by atoms with E-state index in [0.717, 1.165) is 4.47 Å². The molecular formula is C10H10BrNO3. The molecule has 15 heavy (non-hydrogen) atoms. The molecule has 0 heterocycles. The molecule has 0 bridgehead atoms. The second kappa shape index (κ2) is 4.93. The number of hydrogen-bond acceptors (Lipinski definition) is 2. The molecule has 0 atom stereocenters. The minimum atomic E-state index is -0.897. The SMILES string of the molecule is CC(=O)Nc1cc(CC(=O)O)ccc1Br. The third-order valence-corrected chi connectivity index (χ3v) is 2.39. The first kappa shape index (κ1) is 11.7. The monoisotopic (exact) mass is 271 g/mol. The first-order chi connectivity index (χ1) is 6.99. The topological polar surface area (TPSA) is 66.4 Å². The Labute approximate surface area is 95.4 Å². The van der Waals surface area contributed by atoms with Crippen LogP contribution in [0.3, 0.4) is 0 Å². The zero-order chi connectivity index (χ0) is 11.4. The van der Waals surface area contributed by atoms with Crippen molar-refractivity contribution in [2.45, 2.75) is 13.3 Å². The van der Waals surface area contributed by atoms with Crippen molar-refractivity contribution in [2.75, 3.05) is 5.32 Å². The molecule has 0 radical (unpaired) electrons. The van der Waals surface area contributed by atoms with Gasteiger partial charge in [0.2, 0.25) is 5.91 Å². The molecule has 0 aliphatic carbocycles. The summed E-state index contributed by atoms with van der Waals surface area (Å²) in [7, 11) is 0. The molecule has 0 aliphatic heterocycles. The molecule has 2 N–H and O–H groups in total. The summed E-state index contributed by atoms with van der Waals surface area (Å²) in [5, 5.41) is 11.2. The van der Waals surface area contributed by atoms with E-state index in [-0.39, 0.29) is 12.3 Å². The highest BCUT2D eigenvalue weighted by Crippen LogP contribution is 2.23. The quantitative estimate of drug-likeness (QED) is 0.884. The van der Waals surface area contributed by atoms with Crippen LogP contribution in [0, 0.1) is 0 Å². The molecule has 1 aromatic carbocycles. The van der Waals surface area contributed by atoms with Crippen molar-refractivity contribution in [1.29, 1.82) is 0 Å². The van der Waals surface area contributed by atoms with Gasteiger partial charge < -0.3 is 10.4 Å². The number of carbonyl (C=O) groups is 2. The van der Waals surface area contributed by atoms with Crippen LogP contribution in [0.15, 0.2) is 22.7 Å². The summed E-state index contributed by atoms with van der Waals surface area (Å²) >= 11 is 3.26. The molecule has 0 aromatic heterocycles. The zero-order valence-electron chi connectivity index (χ0n) is 8.08. The molecule has 5 heteroatoms. The van der Waals surface area contributed by atoms with E-state index in [4.69, 9.17) is 5.11 Å². The van der Waals surface area contributed by atoms with Crippen molar-refractivity contribution in [2.24, 2.45) is 0 Å². The van der Waals surface area contributed by atoms with Gasteiger partial charge in [0, 0.05) is 11.4 Å². The van der Waals surface area contributed by atoms with Crippen LogP contribution < -0.4 is 5.32 Å². The smallest absolute Gasteiger partial charge is 0.307 e. The Morgan fingerprint density at radius 1 is 1.47 bits per heavy atom. The molecule has 0 saturated heterocycles. The highest BCUT2D eigenvalue weighted by molar-refractivity contribution is 9.10. The lowest BCUT2D eigenvalue weighted by Gasteiger charge is -2.06. The standard InChI is InChI=1S/C10H10BrNO3/c1-6(13)12-9-4-7(5-10(14)15)2-3-8(9)11/h2-4H,5H2,1H3,(H,12,13)(H,14,15). The summed E-state index contributed by atoms with van der Waals surface area (Å²) in [4.78, 5) is 21.3. The lowest BCUT2D eigenvalue weighted by molar-refractivity contribution is -0.136. The summed E-state index contributed by atoms with van der Waals surface area (Å²) in [6.07, 6.45) is -0.0557. The Morgan fingerprint density at radius 2 is 2.13 bits per heavy atom. The van der Waals surface area contributed by atoms with Gasteiger partial charge in [0.05, 0.1) is 12.1 Å². The van der Waals surface area contributed by atoms with E-state index < -0.39 is 5.97 Å². The maximum Gasteiger partial charge on any atom is 0.307 e. The summed E-state index contributed by atoms with van der Waals surface area (Å²) in [5.41, 5.74) is 1.23. The zero-order valence-corrected chi connectivity index (χ0v) is 9.67. The van der Waals surface area contributed by atoms with E-state index in [1.54, 1.807) is 18.2 Å². The average Bonchev–Trinajstić information content (AvgIpc) is 2.09. The third kappa shape index (κ3) is 3.71. The highest BCUT2D eigenvalue weighted by Gasteiger charge is 2.05. The number of anilines is 1. The fourth-order valence-electron chi connectivity index (χ4n) is 1.14. The predicted octanol–water partition coefficient (Wildman–Crippen LogP) is 2.03.